The fourth-order valence-corrected chi connectivity index (χ4v) is 4.90. The molecule has 2 rings (SSSR count). The van der Waals surface area contributed by atoms with Crippen molar-refractivity contribution >= 4 is 66.7 Å². The zero-order valence-corrected chi connectivity index (χ0v) is 24.2. The van der Waals surface area contributed by atoms with Gasteiger partial charge in [0.05, 0.1) is 11.9 Å². The predicted octanol–water partition coefficient (Wildman–Crippen LogP) is 5.16. The summed E-state index contributed by atoms with van der Waals surface area (Å²) in [5, 5.41) is 3.55. The van der Waals surface area contributed by atoms with Crippen molar-refractivity contribution in [1.29, 1.82) is 0 Å². The SMILES string of the molecule is CC[C@@H](C)NC(=O)[C@H](C)N(Cc1c(Cl)cccc1Cl)C(=O)CN(c1ccc(Br)c(C)c1)S(C)(=O)=O. The summed E-state index contributed by atoms with van der Waals surface area (Å²) in [6.45, 7) is 6.65. The van der Waals surface area contributed by atoms with Gasteiger partial charge in [-0.05, 0) is 63.1 Å². The largest absolute Gasteiger partial charge is 0.352 e. The fourth-order valence-electron chi connectivity index (χ4n) is 3.30. The van der Waals surface area contributed by atoms with E-state index in [9.17, 15) is 18.0 Å². The van der Waals surface area contributed by atoms with E-state index < -0.39 is 28.5 Å². The van der Waals surface area contributed by atoms with Crippen LogP contribution >= 0.6 is 39.1 Å². The van der Waals surface area contributed by atoms with Gasteiger partial charge in [-0.2, -0.15) is 0 Å². The van der Waals surface area contributed by atoms with Crippen LogP contribution in [0.15, 0.2) is 40.9 Å². The lowest BCUT2D eigenvalue weighted by atomic mass is 10.1. The number of amides is 2. The van der Waals surface area contributed by atoms with E-state index in [1.165, 1.54) is 4.90 Å². The number of sulfonamides is 1. The van der Waals surface area contributed by atoms with Crippen molar-refractivity contribution in [1.82, 2.24) is 10.2 Å². The summed E-state index contributed by atoms with van der Waals surface area (Å²) in [6.07, 6.45) is 1.75. The first-order valence-corrected chi connectivity index (χ1v) is 14.4. The molecular formula is C24H30BrCl2N3O4S. The van der Waals surface area contributed by atoms with Gasteiger partial charge in [-0.3, -0.25) is 13.9 Å². The molecule has 0 aliphatic rings. The minimum Gasteiger partial charge on any atom is -0.352 e. The average molecular weight is 607 g/mol. The summed E-state index contributed by atoms with van der Waals surface area (Å²) in [4.78, 5) is 27.8. The van der Waals surface area contributed by atoms with Crippen LogP contribution in [0.5, 0.6) is 0 Å². The molecule has 0 spiro atoms. The molecule has 7 nitrogen and oxygen atoms in total. The highest BCUT2D eigenvalue weighted by molar-refractivity contribution is 9.10. The van der Waals surface area contributed by atoms with E-state index >= 15 is 0 Å². The molecule has 0 aliphatic heterocycles. The zero-order chi connectivity index (χ0) is 26.5. The Hall–Kier alpha value is -1.81. The third-order valence-corrected chi connectivity index (χ3v) is 8.41. The van der Waals surface area contributed by atoms with Crippen molar-refractivity contribution in [2.75, 3.05) is 17.1 Å². The van der Waals surface area contributed by atoms with Gasteiger partial charge < -0.3 is 10.2 Å². The van der Waals surface area contributed by atoms with E-state index in [1.54, 1.807) is 43.3 Å². The summed E-state index contributed by atoms with van der Waals surface area (Å²) < 4.78 is 27.2. The van der Waals surface area contributed by atoms with E-state index in [4.69, 9.17) is 23.2 Å². The van der Waals surface area contributed by atoms with Crippen molar-refractivity contribution in [3.8, 4) is 0 Å². The Morgan fingerprint density at radius 3 is 2.23 bits per heavy atom. The average Bonchev–Trinajstić information content (AvgIpc) is 2.77. The van der Waals surface area contributed by atoms with Gasteiger partial charge in [-0.15, -0.1) is 0 Å². The molecule has 0 bridgehead atoms. The molecule has 0 radical (unpaired) electrons. The highest BCUT2D eigenvalue weighted by Gasteiger charge is 2.31. The predicted molar refractivity (Wildman–Crippen MR) is 145 cm³/mol. The summed E-state index contributed by atoms with van der Waals surface area (Å²) in [5.41, 5.74) is 1.62. The maximum absolute atomic E-state index is 13.6. The second kappa shape index (κ2) is 12.4. The van der Waals surface area contributed by atoms with Crippen molar-refractivity contribution in [2.45, 2.75) is 52.7 Å². The molecule has 2 aromatic rings. The van der Waals surface area contributed by atoms with Crippen LogP contribution in [0.3, 0.4) is 0 Å². The van der Waals surface area contributed by atoms with E-state index in [-0.39, 0.29) is 18.5 Å². The number of hydrogen-bond donors (Lipinski definition) is 1. The molecule has 0 aromatic heterocycles. The third kappa shape index (κ3) is 7.84. The van der Waals surface area contributed by atoms with E-state index in [0.717, 1.165) is 20.6 Å². The standard InChI is InChI=1S/C24H30BrCl2N3O4S/c1-6-16(3)28-24(32)17(4)29(13-19-21(26)8-7-9-22(19)27)23(31)14-30(35(5,33)34)18-10-11-20(25)15(2)12-18/h7-12,16-17H,6,13-14H2,1-5H3,(H,28,32)/t16-,17+/m1/s1. The van der Waals surface area contributed by atoms with E-state index in [1.807, 2.05) is 20.8 Å². The van der Waals surface area contributed by atoms with E-state index in [2.05, 4.69) is 21.2 Å². The highest BCUT2D eigenvalue weighted by Crippen LogP contribution is 2.28. The van der Waals surface area contributed by atoms with Gasteiger partial charge in [0.25, 0.3) is 0 Å². The Morgan fingerprint density at radius 2 is 1.71 bits per heavy atom. The molecule has 0 unspecified atom stereocenters. The Bertz CT molecular complexity index is 1170. The van der Waals surface area contributed by atoms with Crippen LogP contribution in [0.4, 0.5) is 5.69 Å². The van der Waals surface area contributed by atoms with Crippen molar-refractivity contribution in [3.63, 3.8) is 0 Å². The molecule has 0 fully saturated rings. The lowest BCUT2D eigenvalue weighted by Crippen LogP contribution is -2.52. The Balaban J connectivity index is 2.47. The van der Waals surface area contributed by atoms with Crippen LogP contribution < -0.4 is 9.62 Å². The molecular weight excluding hydrogens is 577 g/mol. The number of hydrogen-bond acceptors (Lipinski definition) is 4. The van der Waals surface area contributed by atoms with Crippen LogP contribution in [0.2, 0.25) is 10.0 Å². The van der Waals surface area contributed by atoms with Gasteiger partial charge in [-0.25, -0.2) is 8.42 Å². The second-order valence-corrected chi connectivity index (χ2v) is 12.0. The first kappa shape index (κ1) is 29.4. The van der Waals surface area contributed by atoms with Gasteiger partial charge in [0.1, 0.15) is 12.6 Å². The number of carbonyl (C=O) groups excluding carboxylic acids is 2. The number of anilines is 1. The molecule has 0 saturated carbocycles. The van der Waals surface area contributed by atoms with Gasteiger partial charge in [0.15, 0.2) is 0 Å². The minimum atomic E-state index is -3.82. The first-order valence-electron chi connectivity index (χ1n) is 11.0. The molecule has 0 aliphatic carbocycles. The third-order valence-electron chi connectivity index (χ3n) is 5.67. The smallest absolute Gasteiger partial charge is 0.244 e. The van der Waals surface area contributed by atoms with Gasteiger partial charge in [0.2, 0.25) is 21.8 Å². The maximum Gasteiger partial charge on any atom is 0.244 e. The van der Waals surface area contributed by atoms with Crippen LogP contribution in [-0.4, -0.2) is 50.0 Å². The summed E-state index contributed by atoms with van der Waals surface area (Å²) in [5.74, 6) is -0.931. The normalized spacial score (nSPS) is 13.1. The monoisotopic (exact) mass is 605 g/mol. The summed E-state index contributed by atoms with van der Waals surface area (Å²) >= 11 is 16.1. The molecule has 35 heavy (non-hydrogen) atoms. The van der Waals surface area contributed by atoms with Crippen LogP contribution in [0.25, 0.3) is 0 Å². The second-order valence-electron chi connectivity index (χ2n) is 8.42. The summed E-state index contributed by atoms with van der Waals surface area (Å²) in [6, 6.07) is 8.97. The lowest BCUT2D eigenvalue weighted by Gasteiger charge is -2.32. The first-order chi connectivity index (χ1) is 16.3. The Kier molecular flexibility index (Phi) is 10.4. The molecule has 192 valence electrons. The number of aryl methyl sites for hydroxylation is 1. The molecule has 2 atom stereocenters. The number of nitrogens with zero attached hydrogens (tertiary/aromatic N) is 2. The van der Waals surface area contributed by atoms with Crippen molar-refractivity contribution < 1.29 is 18.0 Å². The van der Waals surface area contributed by atoms with Gasteiger partial charge in [0, 0.05) is 32.7 Å². The number of carbonyl (C=O) groups is 2. The molecule has 0 heterocycles. The molecule has 0 saturated heterocycles. The summed E-state index contributed by atoms with van der Waals surface area (Å²) in [7, 11) is -3.82. The van der Waals surface area contributed by atoms with E-state index in [0.29, 0.717) is 27.7 Å². The number of rotatable bonds is 10. The number of nitrogens with one attached hydrogen (secondary N) is 1. The van der Waals surface area contributed by atoms with Gasteiger partial charge in [-0.1, -0.05) is 52.1 Å². The maximum atomic E-state index is 13.6. The molecule has 11 heteroatoms. The highest BCUT2D eigenvalue weighted by atomic mass is 79.9. The molecule has 2 amide bonds. The molecule has 2 aromatic carbocycles. The Labute approximate surface area is 225 Å². The van der Waals surface area contributed by atoms with Crippen LogP contribution in [0.1, 0.15) is 38.3 Å². The Morgan fingerprint density at radius 1 is 1.11 bits per heavy atom. The molecule has 1 N–H and O–H groups in total. The fraction of sp³-hybridized carbons (Fsp3) is 0.417. The number of benzene rings is 2. The van der Waals surface area contributed by atoms with Crippen LogP contribution in [-0.2, 0) is 26.2 Å². The quantitative estimate of drug-likeness (QED) is 0.405. The zero-order valence-electron chi connectivity index (χ0n) is 20.3. The minimum absolute atomic E-state index is 0.0661. The van der Waals surface area contributed by atoms with Crippen molar-refractivity contribution in [2.24, 2.45) is 0 Å². The van der Waals surface area contributed by atoms with Gasteiger partial charge >= 0.3 is 0 Å². The number of halogens is 3. The van der Waals surface area contributed by atoms with Crippen molar-refractivity contribution in [3.05, 3.63) is 62.0 Å². The van der Waals surface area contributed by atoms with Crippen LogP contribution in [0, 0.1) is 6.92 Å². The lowest BCUT2D eigenvalue weighted by molar-refractivity contribution is -0.139. The topological polar surface area (TPSA) is 86.8 Å².